The van der Waals surface area contributed by atoms with Crippen molar-refractivity contribution >= 4 is 34.2 Å². The number of aromatic nitrogens is 3. The lowest BCUT2D eigenvalue weighted by atomic mass is 10.4. The van der Waals surface area contributed by atoms with Crippen molar-refractivity contribution in [2.45, 2.75) is 0 Å². The van der Waals surface area contributed by atoms with Crippen molar-refractivity contribution < 1.29 is 0 Å². The molecule has 2 aromatic rings. The van der Waals surface area contributed by atoms with Crippen molar-refractivity contribution in [3.8, 4) is 0 Å². The summed E-state index contributed by atoms with van der Waals surface area (Å²) >= 11 is 11.3. The van der Waals surface area contributed by atoms with Crippen LogP contribution in [0.5, 0.6) is 0 Å². The van der Waals surface area contributed by atoms with Crippen molar-refractivity contribution in [2.75, 3.05) is 0 Å². The van der Waals surface area contributed by atoms with Gasteiger partial charge in [-0.3, -0.25) is 9.83 Å². The fraction of sp³-hybridized carbons (Fsp3) is 0. The standard InChI is InChI=1S/C6H2Cl2N3O/c7-3-1-2-9-4-5(3)11(12)10-6(4)8/h1-2H/q-1. The molecule has 0 saturated heterocycles. The van der Waals surface area contributed by atoms with E-state index in [4.69, 9.17) is 23.2 Å². The first-order chi connectivity index (χ1) is 5.70. The highest BCUT2D eigenvalue weighted by atomic mass is 35.5. The number of pyridine rings is 1. The SMILES string of the molecule is [O-]n1nc(Cl)c2nccc(Cl)c21. The fourth-order valence-electron chi connectivity index (χ4n) is 0.940. The van der Waals surface area contributed by atoms with E-state index in [2.05, 4.69) is 10.1 Å². The Kier molecular flexibility index (Phi) is 1.59. The molecule has 0 aliphatic heterocycles. The molecule has 0 amide bonds. The third kappa shape index (κ3) is 0.922. The monoisotopic (exact) mass is 202 g/mol. The molecule has 0 atom stereocenters. The van der Waals surface area contributed by atoms with E-state index in [1.165, 1.54) is 12.3 Å². The summed E-state index contributed by atoms with van der Waals surface area (Å²) in [7, 11) is 0. The first-order valence-electron chi connectivity index (χ1n) is 3.06. The van der Waals surface area contributed by atoms with Crippen LogP contribution >= 0.6 is 23.2 Å². The predicted molar refractivity (Wildman–Crippen MR) is 46.3 cm³/mol. The topological polar surface area (TPSA) is 53.8 Å². The van der Waals surface area contributed by atoms with E-state index in [0.717, 1.165) is 0 Å². The van der Waals surface area contributed by atoms with Crippen LogP contribution in [-0.2, 0) is 0 Å². The van der Waals surface area contributed by atoms with Gasteiger partial charge in [-0.2, -0.15) is 5.10 Å². The van der Waals surface area contributed by atoms with Crippen molar-refractivity contribution in [1.82, 2.24) is 14.9 Å². The van der Waals surface area contributed by atoms with Crippen molar-refractivity contribution in [3.05, 3.63) is 27.6 Å². The molecule has 4 nitrogen and oxygen atoms in total. The molecule has 2 rings (SSSR count). The average Bonchev–Trinajstić information content (AvgIpc) is 2.29. The summed E-state index contributed by atoms with van der Waals surface area (Å²) in [5.41, 5.74) is 0.545. The molecule has 2 heterocycles. The quantitative estimate of drug-likeness (QED) is 0.658. The smallest absolute Gasteiger partial charge is 0.177 e. The van der Waals surface area contributed by atoms with E-state index in [0.29, 0.717) is 15.4 Å². The number of fused-ring (bicyclic) bond motifs is 1. The van der Waals surface area contributed by atoms with E-state index in [1.54, 1.807) is 0 Å². The van der Waals surface area contributed by atoms with E-state index in [9.17, 15) is 5.21 Å². The maximum Gasteiger partial charge on any atom is 0.177 e. The Hall–Kier alpha value is -1.00. The van der Waals surface area contributed by atoms with Gasteiger partial charge >= 0.3 is 0 Å². The van der Waals surface area contributed by atoms with Gasteiger partial charge in [0.05, 0.1) is 5.02 Å². The molecular formula is C6H2Cl2N3O-. The molecule has 0 aromatic carbocycles. The molecule has 0 unspecified atom stereocenters. The molecule has 0 radical (unpaired) electrons. The van der Waals surface area contributed by atoms with Crippen LogP contribution in [0, 0.1) is 5.21 Å². The van der Waals surface area contributed by atoms with Gasteiger partial charge < -0.3 is 5.21 Å². The Morgan fingerprint density at radius 1 is 1.42 bits per heavy atom. The molecule has 0 N–H and O–H groups in total. The lowest BCUT2D eigenvalue weighted by Gasteiger charge is -2.04. The molecule has 0 saturated carbocycles. The van der Waals surface area contributed by atoms with E-state index in [1.807, 2.05) is 0 Å². The van der Waals surface area contributed by atoms with E-state index >= 15 is 0 Å². The Balaban J connectivity index is 2.99. The van der Waals surface area contributed by atoms with Gasteiger partial charge in [-0.25, -0.2) is 0 Å². The average molecular weight is 203 g/mol. The zero-order valence-electron chi connectivity index (χ0n) is 5.66. The van der Waals surface area contributed by atoms with Crippen LogP contribution in [0.1, 0.15) is 0 Å². The number of rotatable bonds is 0. The number of halogens is 2. The molecule has 12 heavy (non-hydrogen) atoms. The Labute approximate surface area is 77.3 Å². The molecule has 0 bridgehead atoms. The maximum atomic E-state index is 11.0. The molecule has 0 spiro atoms. The van der Waals surface area contributed by atoms with Crippen LogP contribution < -0.4 is 0 Å². The zero-order chi connectivity index (χ0) is 8.72. The van der Waals surface area contributed by atoms with Gasteiger partial charge in [0.2, 0.25) is 0 Å². The van der Waals surface area contributed by atoms with Gasteiger partial charge in [-0.15, -0.1) is 0 Å². The summed E-state index contributed by atoms with van der Waals surface area (Å²) in [4.78, 5) is 4.23. The van der Waals surface area contributed by atoms with E-state index in [-0.39, 0.29) is 10.7 Å². The predicted octanol–water partition coefficient (Wildman–Crippen LogP) is 2.08. The second-order valence-corrected chi connectivity index (χ2v) is 2.92. The highest BCUT2D eigenvalue weighted by Crippen LogP contribution is 2.25. The van der Waals surface area contributed by atoms with Gasteiger partial charge in [0.15, 0.2) is 5.15 Å². The van der Waals surface area contributed by atoms with Crippen LogP contribution in [0.3, 0.4) is 0 Å². The second kappa shape index (κ2) is 2.50. The first-order valence-corrected chi connectivity index (χ1v) is 3.82. The largest absolute Gasteiger partial charge is 0.790 e. The van der Waals surface area contributed by atoms with Gasteiger partial charge in [0.1, 0.15) is 11.0 Å². The lowest BCUT2D eigenvalue weighted by molar-refractivity contribution is 0.920. The summed E-state index contributed by atoms with van der Waals surface area (Å²) in [5, 5.41) is 14.8. The van der Waals surface area contributed by atoms with E-state index < -0.39 is 0 Å². The maximum absolute atomic E-state index is 11.0. The van der Waals surface area contributed by atoms with Gasteiger partial charge in [0.25, 0.3) is 0 Å². The minimum Gasteiger partial charge on any atom is -0.790 e. The highest BCUT2D eigenvalue weighted by Gasteiger charge is 2.07. The summed E-state index contributed by atoms with van der Waals surface area (Å²) in [6.45, 7) is 0. The number of hydrogen-bond acceptors (Lipinski definition) is 3. The summed E-state index contributed by atoms with van der Waals surface area (Å²) in [5.74, 6) is 0. The van der Waals surface area contributed by atoms with Crippen LogP contribution in [0.2, 0.25) is 10.2 Å². The minimum absolute atomic E-state index is 0.0718. The molecule has 6 heteroatoms. The zero-order valence-corrected chi connectivity index (χ0v) is 7.17. The van der Waals surface area contributed by atoms with Crippen molar-refractivity contribution in [2.24, 2.45) is 0 Å². The normalized spacial score (nSPS) is 10.8. The van der Waals surface area contributed by atoms with Crippen LogP contribution in [0.25, 0.3) is 11.0 Å². The Morgan fingerprint density at radius 3 is 2.83 bits per heavy atom. The van der Waals surface area contributed by atoms with Crippen molar-refractivity contribution in [1.29, 1.82) is 0 Å². The molecular weight excluding hydrogens is 201 g/mol. The third-order valence-electron chi connectivity index (χ3n) is 1.44. The fourth-order valence-corrected chi connectivity index (χ4v) is 1.37. The molecule has 0 aliphatic rings. The van der Waals surface area contributed by atoms with Crippen LogP contribution in [-0.4, -0.2) is 14.9 Å². The second-order valence-electron chi connectivity index (χ2n) is 2.15. The van der Waals surface area contributed by atoms with Crippen molar-refractivity contribution in [3.63, 3.8) is 0 Å². The van der Waals surface area contributed by atoms with Gasteiger partial charge in [0, 0.05) is 6.20 Å². The summed E-state index contributed by atoms with van der Waals surface area (Å²) in [6.07, 6.45) is 1.47. The third-order valence-corrected chi connectivity index (χ3v) is 2.00. The van der Waals surface area contributed by atoms with Gasteiger partial charge in [-0.05, 0) is 6.07 Å². The Bertz CT molecular complexity index is 440. The lowest BCUT2D eigenvalue weighted by Crippen LogP contribution is -1.87. The number of hydrogen-bond donors (Lipinski definition) is 0. The molecule has 0 fully saturated rings. The van der Waals surface area contributed by atoms with Crippen LogP contribution in [0.15, 0.2) is 12.3 Å². The highest BCUT2D eigenvalue weighted by molar-refractivity contribution is 6.38. The minimum atomic E-state index is 0.0718. The Morgan fingerprint density at radius 2 is 2.17 bits per heavy atom. The summed E-state index contributed by atoms with van der Waals surface area (Å²) in [6, 6.07) is 1.51. The molecule has 62 valence electrons. The van der Waals surface area contributed by atoms with Crippen LogP contribution in [0.4, 0.5) is 0 Å². The molecule has 0 aliphatic carbocycles. The summed E-state index contributed by atoms with van der Waals surface area (Å²) < 4.78 is 0. The number of nitrogens with zero attached hydrogens (tertiary/aromatic N) is 3. The first kappa shape index (κ1) is 7.64. The molecule has 2 aromatic heterocycles. The van der Waals surface area contributed by atoms with Gasteiger partial charge in [-0.1, -0.05) is 23.2 Å².